The summed E-state index contributed by atoms with van der Waals surface area (Å²) < 4.78 is 19.2. The van der Waals surface area contributed by atoms with E-state index < -0.39 is 11.4 Å². The Morgan fingerprint density at radius 1 is 1.56 bits per heavy atom. The van der Waals surface area contributed by atoms with Crippen LogP contribution >= 0.6 is 15.9 Å². The normalized spacial score (nSPS) is 16.4. The van der Waals surface area contributed by atoms with Gasteiger partial charge in [0, 0.05) is 10.0 Å². The first-order chi connectivity index (χ1) is 7.63. The Kier molecular flexibility index (Phi) is 2.82. The second-order valence-corrected chi connectivity index (χ2v) is 4.62. The molecule has 5 heteroatoms. The summed E-state index contributed by atoms with van der Waals surface area (Å²) in [6.45, 7) is 0. The van der Waals surface area contributed by atoms with E-state index in [4.69, 9.17) is 4.74 Å². The van der Waals surface area contributed by atoms with Crippen LogP contribution in [0.3, 0.4) is 0 Å². The van der Waals surface area contributed by atoms with Gasteiger partial charge in [-0.1, -0.05) is 15.9 Å². The number of halogens is 2. The number of hydrogen-bond donors (Lipinski definition) is 0. The summed E-state index contributed by atoms with van der Waals surface area (Å²) in [5.74, 6) is -0.307. The molecule has 1 aromatic rings. The molecule has 3 nitrogen and oxygen atoms in total. The number of benzene rings is 1. The van der Waals surface area contributed by atoms with E-state index >= 15 is 0 Å². The molecular formula is C11H9BrFNO2. The molecule has 0 atom stereocenters. The molecule has 1 aliphatic carbocycles. The molecule has 1 fully saturated rings. The van der Waals surface area contributed by atoms with Gasteiger partial charge in [0.25, 0.3) is 0 Å². The van der Waals surface area contributed by atoms with Gasteiger partial charge in [0.15, 0.2) is 11.6 Å². The Morgan fingerprint density at radius 3 is 2.75 bits per heavy atom. The first-order valence-electron chi connectivity index (χ1n) is 4.75. The Hall–Kier alpha value is -1.19. The lowest BCUT2D eigenvalue weighted by molar-refractivity contribution is 0.376. The van der Waals surface area contributed by atoms with E-state index in [1.165, 1.54) is 13.2 Å². The molecule has 2 rings (SSSR count). The third kappa shape index (κ3) is 1.77. The van der Waals surface area contributed by atoms with Crippen LogP contribution in [0.5, 0.6) is 5.75 Å². The minimum Gasteiger partial charge on any atom is -0.493 e. The van der Waals surface area contributed by atoms with Crippen LogP contribution in [0.1, 0.15) is 18.4 Å². The largest absolute Gasteiger partial charge is 0.493 e. The van der Waals surface area contributed by atoms with Gasteiger partial charge in [-0.2, -0.15) is 4.99 Å². The molecule has 0 N–H and O–H groups in total. The second-order valence-electron chi connectivity index (χ2n) is 3.70. The lowest BCUT2D eigenvalue weighted by Crippen LogP contribution is -2.06. The zero-order valence-corrected chi connectivity index (χ0v) is 10.2. The number of methoxy groups -OCH3 is 1. The van der Waals surface area contributed by atoms with Crippen molar-refractivity contribution in [2.45, 2.75) is 18.4 Å². The first-order valence-corrected chi connectivity index (χ1v) is 5.55. The van der Waals surface area contributed by atoms with E-state index in [1.54, 1.807) is 12.1 Å². The number of nitrogens with zero attached hydrogens (tertiary/aromatic N) is 1. The molecule has 0 aromatic heterocycles. The number of hydrogen-bond acceptors (Lipinski definition) is 3. The fourth-order valence-corrected chi connectivity index (χ4v) is 2.19. The number of carbonyl (C=O) groups excluding carboxylic acids is 1. The molecule has 0 saturated heterocycles. The highest BCUT2D eigenvalue weighted by molar-refractivity contribution is 9.10. The summed E-state index contributed by atoms with van der Waals surface area (Å²) >= 11 is 3.21. The van der Waals surface area contributed by atoms with E-state index in [0.29, 0.717) is 22.9 Å². The number of ether oxygens (including phenoxy) is 1. The zero-order chi connectivity index (χ0) is 11.8. The summed E-state index contributed by atoms with van der Waals surface area (Å²) in [5.41, 5.74) is -0.0252. The smallest absolute Gasteiger partial charge is 0.235 e. The van der Waals surface area contributed by atoms with Crippen molar-refractivity contribution in [2.75, 3.05) is 7.11 Å². The predicted octanol–water partition coefficient (Wildman–Crippen LogP) is 2.92. The first kappa shape index (κ1) is 11.3. The maximum absolute atomic E-state index is 13.6. The molecule has 16 heavy (non-hydrogen) atoms. The van der Waals surface area contributed by atoms with Gasteiger partial charge >= 0.3 is 0 Å². The predicted molar refractivity (Wildman–Crippen MR) is 59.7 cm³/mol. The lowest BCUT2D eigenvalue weighted by Gasteiger charge is -2.14. The van der Waals surface area contributed by atoms with Crippen LogP contribution in [-0.2, 0) is 10.3 Å². The minimum absolute atomic E-state index is 0.153. The third-order valence-electron chi connectivity index (χ3n) is 2.70. The molecule has 0 aliphatic heterocycles. The average molecular weight is 286 g/mol. The Morgan fingerprint density at radius 2 is 2.25 bits per heavy atom. The molecule has 0 radical (unpaired) electrons. The average Bonchev–Trinajstić information content (AvgIpc) is 2.98. The summed E-state index contributed by atoms with van der Waals surface area (Å²) in [4.78, 5) is 14.1. The fourth-order valence-electron chi connectivity index (χ4n) is 1.76. The standard InChI is InChI=1S/C11H9BrFNO2/c1-16-10-8(4-7(12)5-9(10)13)11(2-3-11)14-6-15/h4-5H,2-3H2,1H3. The van der Waals surface area contributed by atoms with Crippen LogP contribution in [0.2, 0.25) is 0 Å². The van der Waals surface area contributed by atoms with E-state index in [-0.39, 0.29) is 5.75 Å². The van der Waals surface area contributed by atoms with Gasteiger partial charge in [-0.3, -0.25) is 0 Å². The SMILES string of the molecule is COc1c(F)cc(Br)cc1C1(N=C=O)CC1. The summed E-state index contributed by atoms with van der Waals surface area (Å²) in [7, 11) is 1.40. The van der Waals surface area contributed by atoms with Crippen LogP contribution in [0.4, 0.5) is 4.39 Å². The number of rotatable bonds is 3. The van der Waals surface area contributed by atoms with Crippen molar-refractivity contribution < 1.29 is 13.9 Å². The van der Waals surface area contributed by atoms with E-state index in [9.17, 15) is 9.18 Å². The highest BCUT2D eigenvalue weighted by Crippen LogP contribution is 2.53. The van der Waals surface area contributed by atoms with Crippen molar-refractivity contribution in [2.24, 2.45) is 4.99 Å². The zero-order valence-electron chi connectivity index (χ0n) is 8.59. The second kappa shape index (κ2) is 4.00. The highest BCUT2D eigenvalue weighted by Gasteiger charge is 2.47. The Balaban J connectivity index is 2.59. The van der Waals surface area contributed by atoms with Crippen LogP contribution in [-0.4, -0.2) is 13.2 Å². The molecule has 0 unspecified atom stereocenters. The van der Waals surface area contributed by atoms with Gasteiger partial charge in [0.2, 0.25) is 6.08 Å². The van der Waals surface area contributed by atoms with Crippen molar-refractivity contribution in [3.8, 4) is 5.75 Å². The molecule has 1 aliphatic rings. The van der Waals surface area contributed by atoms with Gasteiger partial charge in [-0.15, -0.1) is 0 Å². The van der Waals surface area contributed by atoms with Crippen molar-refractivity contribution in [3.63, 3.8) is 0 Å². The minimum atomic E-state index is -0.627. The molecule has 0 bridgehead atoms. The third-order valence-corrected chi connectivity index (χ3v) is 3.15. The van der Waals surface area contributed by atoms with E-state index in [1.807, 2.05) is 0 Å². The summed E-state index contributed by atoms with van der Waals surface area (Å²) in [6.07, 6.45) is 2.97. The Bertz CT molecular complexity index is 479. The van der Waals surface area contributed by atoms with Crippen molar-refractivity contribution in [1.29, 1.82) is 0 Å². The van der Waals surface area contributed by atoms with Crippen LogP contribution < -0.4 is 4.74 Å². The van der Waals surface area contributed by atoms with Crippen molar-refractivity contribution in [1.82, 2.24) is 0 Å². The van der Waals surface area contributed by atoms with E-state index in [0.717, 1.165) is 0 Å². The summed E-state index contributed by atoms with van der Waals surface area (Å²) in [6, 6.07) is 3.05. The molecule has 0 spiro atoms. The van der Waals surface area contributed by atoms with Gasteiger partial charge < -0.3 is 4.74 Å². The molecular weight excluding hydrogens is 277 g/mol. The van der Waals surface area contributed by atoms with Gasteiger partial charge in [0.1, 0.15) is 5.54 Å². The highest BCUT2D eigenvalue weighted by atomic mass is 79.9. The fraction of sp³-hybridized carbons (Fsp3) is 0.364. The molecule has 1 aromatic carbocycles. The molecule has 1 saturated carbocycles. The number of isocyanates is 1. The Labute approximate surface area is 100 Å². The molecule has 0 heterocycles. The maximum Gasteiger partial charge on any atom is 0.235 e. The maximum atomic E-state index is 13.6. The topological polar surface area (TPSA) is 38.7 Å². The van der Waals surface area contributed by atoms with Crippen LogP contribution in [0.15, 0.2) is 21.6 Å². The number of aliphatic imine (C=N–C) groups is 1. The van der Waals surface area contributed by atoms with Gasteiger partial charge in [0.05, 0.1) is 7.11 Å². The van der Waals surface area contributed by atoms with Crippen LogP contribution in [0, 0.1) is 5.82 Å². The lowest BCUT2D eigenvalue weighted by atomic mass is 10.0. The quantitative estimate of drug-likeness (QED) is 0.633. The van der Waals surface area contributed by atoms with Gasteiger partial charge in [-0.25, -0.2) is 9.18 Å². The monoisotopic (exact) mass is 285 g/mol. The van der Waals surface area contributed by atoms with Crippen molar-refractivity contribution >= 4 is 22.0 Å². The van der Waals surface area contributed by atoms with E-state index in [2.05, 4.69) is 20.9 Å². The van der Waals surface area contributed by atoms with Crippen molar-refractivity contribution in [3.05, 3.63) is 28.0 Å². The van der Waals surface area contributed by atoms with Crippen LogP contribution in [0.25, 0.3) is 0 Å². The van der Waals surface area contributed by atoms with Gasteiger partial charge in [-0.05, 0) is 25.0 Å². The molecule has 0 amide bonds. The summed E-state index contributed by atoms with van der Waals surface area (Å²) in [5, 5.41) is 0. The molecule has 84 valence electrons.